The summed E-state index contributed by atoms with van der Waals surface area (Å²) in [5, 5.41) is 8.86. The summed E-state index contributed by atoms with van der Waals surface area (Å²) >= 11 is 0. The summed E-state index contributed by atoms with van der Waals surface area (Å²) < 4.78 is 37.7. The maximum Gasteiger partial charge on any atom is 0.416 e. The van der Waals surface area contributed by atoms with E-state index in [1.54, 1.807) is 0 Å². The molecule has 0 aliphatic heterocycles. The molecule has 0 spiro atoms. The first-order valence-electron chi connectivity index (χ1n) is 6.92. The third-order valence-corrected chi connectivity index (χ3v) is 4.14. The van der Waals surface area contributed by atoms with E-state index < -0.39 is 17.7 Å². The first-order chi connectivity index (χ1) is 9.77. The minimum atomic E-state index is -4.35. The molecule has 0 unspecified atom stereocenters. The number of benzene rings is 1. The van der Waals surface area contributed by atoms with Crippen LogP contribution in [0.2, 0.25) is 0 Å². The fourth-order valence-electron chi connectivity index (χ4n) is 3.02. The number of hydrogen-bond donors (Lipinski definition) is 2. The highest BCUT2D eigenvalue weighted by Gasteiger charge is 2.33. The SMILES string of the molecule is N[C@@H]1CC[C@@H](CC(=O)O)C[C@H]1c1ccc(C(F)(F)F)cc1. The minimum absolute atomic E-state index is 0.0367. The molecule has 3 atom stereocenters. The van der Waals surface area contributed by atoms with Crippen LogP contribution in [0.4, 0.5) is 13.2 Å². The van der Waals surface area contributed by atoms with Crippen molar-refractivity contribution in [3.8, 4) is 0 Å². The van der Waals surface area contributed by atoms with Crippen molar-refractivity contribution >= 4 is 5.97 Å². The molecule has 1 aliphatic rings. The van der Waals surface area contributed by atoms with E-state index in [4.69, 9.17) is 10.8 Å². The third-order valence-electron chi connectivity index (χ3n) is 4.14. The van der Waals surface area contributed by atoms with Gasteiger partial charge in [-0.05, 0) is 48.8 Å². The number of hydrogen-bond acceptors (Lipinski definition) is 2. The van der Waals surface area contributed by atoms with Crippen LogP contribution >= 0.6 is 0 Å². The lowest BCUT2D eigenvalue weighted by molar-refractivity contribution is -0.139. The Morgan fingerprint density at radius 3 is 2.38 bits per heavy atom. The molecular weight excluding hydrogens is 283 g/mol. The smallest absolute Gasteiger partial charge is 0.416 e. The van der Waals surface area contributed by atoms with Gasteiger partial charge in [0.15, 0.2) is 0 Å². The standard InChI is InChI=1S/C15H18F3NO2/c16-15(17,18)11-4-2-10(3-5-11)12-7-9(8-14(20)21)1-6-13(12)19/h2-5,9,12-13H,1,6-8,19H2,(H,20,21)/t9-,12+,13-/m1/s1. The highest BCUT2D eigenvalue weighted by Crippen LogP contribution is 2.38. The first-order valence-corrected chi connectivity index (χ1v) is 6.92. The summed E-state index contributed by atoms with van der Waals surface area (Å²) in [7, 11) is 0. The van der Waals surface area contributed by atoms with Gasteiger partial charge in [0.25, 0.3) is 0 Å². The molecule has 1 saturated carbocycles. The Morgan fingerprint density at radius 2 is 1.86 bits per heavy atom. The van der Waals surface area contributed by atoms with Gasteiger partial charge >= 0.3 is 12.1 Å². The molecule has 0 bridgehead atoms. The van der Waals surface area contributed by atoms with E-state index in [1.165, 1.54) is 12.1 Å². The van der Waals surface area contributed by atoms with Crippen LogP contribution in [-0.2, 0) is 11.0 Å². The number of carbonyl (C=O) groups is 1. The van der Waals surface area contributed by atoms with Crippen molar-refractivity contribution in [2.45, 2.75) is 43.8 Å². The molecule has 116 valence electrons. The molecule has 3 nitrogen and oxygen atoms in total. The van der Waals surface area contributed by atoms with Crippen molar-refractivity contribution in [1.29, 1.82) is 0 Å². The van der Waals surface area contributed by atoms with Gasteiger partial charge in [-0.15, -0.1) is 0 Å². The maximum absolute atomic E-state index is 12.6. The average Bonchev–Trinajstić information content (AvgIpc) is 2.39. The second-order valence-electron chi connectivity index (χ2n) is 5.67. The normalized spacial score (nSPS) is 26.6. The van der Waals surface area contributed by atoms with E-state index in [0.717, 1.165) is 24.1 Å². The summed E-state index contributed by atoms with van der Waals surface area (Å²) in [6.07, 6.45) is -2.20. The summed E-state index contributed by atoms with van der Waals surface area (Å²) in [6.45, 7) is 0. The molecule has 6 heteroatoms. The quantitative estimate of drug-likeness (QED) is 0.899. The van der Waals surface area contributed by atoms with Crippen molar-refractivity contribution in [1.82, 2.24) is 0 Å². The number of alkyl halides is 3. The highest BCUT2D eigenvalue weighted by molar-refractivity contribution is 5.67. The van der Waals surface area contributed by atoms with Crippen LogP contribution in [0.5, 0.6) is 0 Å². The van der Waals surface area contributed by atoms with Crippen LogP contribution in [0.15, 0.2) is 24.3 Å². The molecule has 2 rings (SSSR count). The molecule has 1 aliphatic carbocycles. The lowest BCUT2D eigenvalue weighted by atomic mass is 9.74. The second-order valence-corrected chi connectivity index (χ2v) is 5.67. The van der Waals surface area contributed by atoms with Gasteiger partial charge < -0.3 is 10.8 Å². The molecule has 3 N–H and O–H groups in total. The lowest BCUT2D eigenvalue weighted by Crippen LogP contribution is -2.35. The molecule has 0 amide bonds. The summed E-state index contributed by atoms with van der Waals surface area (Å²) in [6, 6.07) is 4.89. The Bertz CT molecular complexity index is 499. The minimum Gasteiger partial charge on any atom is -0.481 e. The topological polar surface area (TPSA) is 63.3 Å². The van der Waals surface area contributed by atoms with Gasteiger partial charge in [-0.2, -0.15) is 13.2 Å². The molecule has 1 fully saturated rings. The van der Waals surface area contributed by atoms with E-state index in [1.807, 2.05) is 0 Å². The number of aliphatic carboxylic acids is 1. The van der Waals surface area contributed by atoms with Crippen LogP contribution in [0.3, 0.4) is 0 Å². The largest absolute Gasteiger partial charge is 0.481 e. The van der Waals surface area contributed by atoms with Crippen LogP contribution < -0.4 is 5.73 Å². The zero-order valence-electron chi connectivity index (χ0n) is 11.4. The fraction of sp³-hybridized carbons (Fsp3) is 0.533. The Hall–Kier alpha value is -1.56. The van der Waals surface area contributed by atoms with Gasteiger partial charge in [-0.1, -0.05) is 12.1 Å². The summed E-state index contributed by atoms with van der Waals surface area (Å²) in [5.74, 6) is -0.887. The Morgan fingerprint density at radius 1 is 1.24 bits per heavy atom. The van der Waals surface area contributed by atoms with Crippen LogP contribution in [0, 0.1) is 5.92 Å². The highest BCUT2D eigenvalue weighted by atomic mass is 19.4. The Balaban J connectivity index is 2.13. The van der Waals surface area contributed by atoms with Crippen LogP contribution in [-0.4, -0.2) is 17.1 Å². The van der Waals surface area contributed by atoms with E-state index >= 15 is 0 Å². The third kappa shape index (κ3) is 3.97. The van der Waals surface area contributed by atoms with E-state index in [9.17, 15) is 18.0 Å². The monoisotopic (exact) mass is 301 g/mol. The molecule has 1 aromatic rings. The zero-order chi connectivity index (χ0) is 15.6. The molecule has 0 heterocycles. The first kappa shape index (κ1) is 15.8. The second kappa shape index (κ2) is 6.05. The number of rotatable bonds is 3. The molecule has 21 heavy (non-hydrogen) atoms. The molecule has 0 saturated heterocycles. The predicted octanol–water partition coefficient (Wildman–Crippen LogP) is 3.39. The summed E-state index contributed by atoms with van der Waals surface area (Å²) in [5.41, 5.74) is 6.13. The molecular formula is C15H18F3NO2. The van der Waals surface area contributed by atoms with Gasteiger partial charge in [-0.25, -0.2) is 0 Å². The number of nitrogens with two attached hydrogens (primary N) is 1. The van der Waals surface area contributed by atoms with Gasteiger partial charge in [0.2, 0.25) is 0 Å². The number of carboxylic acids is 1. The molecule has 0 aromatic heterocycles. The van der Waals surface area contributed by atoms with Crippen molar-refractivity contribution in [3.05, 3.63) is 35.4 Å². The van der Waals surface area contributed by atoms with E-state index in [0.29, 0.717) is 12.8 Å². The average molecular weight is 301 g/mol. The number of halogens is 3. The Kier molecular flexibility index (Phi) is 4.56. The van der Waals surface area contributed by atoms with Crippen LogP contribution in [0.25, 0.3) is 0 Å². The zero-order valence-corrected chi connectivity index (χ0v) is 11.4. The predicted molar refractivity (Wildman–Crippen MR) is 71.8 cm³/mol. The van der Waals surface area contributed by atoms with Crippen LogP contribution in [0.1, 0.15) is 42.7 Å². The molecule has 0 radical (unpaired) electrons. The van der Waals surface area contributed by atoms with Gasteiger partial charge in [0.1, 0.15) is 0 Å². The molecule has 1 aromatic carbocycles. The van der Waals surface area contributed by atoms with Crippen molar-refractivity contribution in [2.24, 2.45) is 11.7 Å². The van der Waals surface area contributed by atoms with E-state index in [2.05, 4.69) is 0 Å². The maximum atomic E-state index is 12.6. The summed E-state index contributed by atoms with van der Waals surface area (Å²) in [4.78, 5) is 10.8. The van der Waals surface area contributed by atoms with Gasteiger partial charge in [0.05, 0.1) is 5.56 Å². The van der Waals surface area contributed by atoms with Gasteiger partial charge in [-0.3, -0.25) is 4.79 Å². The van der Waals surface area contributed by atoms with Crippen molar-refractivity contribution in [3.63, 3.8) is 0 Å². The lowest BCUT2D eigenvalue weighted by Gasteiger charge is -2.34. The van der Waals surface area contributed by atoms with E-state index in [-0.39, 0.29) is 24.3 Å². The van der Waals surface area contributed by atoms with Crippen molar-refractivity contribution in [2.75, 3.05) is 0 Å². The van der Waals surface area contributed by atoms with Gasteiger partial charge in [0, 0.05) is 12.5 Å². The number of carboxylic acid groups (broad SMARTS) is 1. The van der Waals surface area contributed by atoms with Crippen molar-refractivity contribution < 1.29 is 23.1 Å². The fourth-order valence-corrected chi connectivity index (χ4v) is 3.02. The Labute approximate surface area is 121 Å².